The van der Waals surface area contributed by atoms with Crippen LogP contribution in [0.5, 0.6) is 0 Å². The smallest absolute Gasteiger partial charge is 0.731 e. The molecule has 2 atom stereocenters. The second kappa shape index (κ2) is 10.8. The van der Waals surface area contributed by atoms with Crippen LogP contribution in [0.15, 0.2) is 10.5 Å². The summed E-state index contributed by atoms with van der Waals surface area (Å²) in [6.45, 7) is -0.664. The van der Waals surface area contributed by atoms with E-state index in [2.05, 4.69) is 24.9 Å². The molecule has 1 aromatic rings. The van der Waals surface area contributed by atoms with Crippen molar-refractivity contribution >= 4 is 56.2 Å². The SMILES string of the molecule is COC(=O)CON=C(C(=O)NC1C(=O)N(S(=O)(=O)[O-])C1C(=O)OC)c1csc(N)n1.[Na+]. The molecule has 0 spiro atoms. The van der Waals surface area contributed by atoms with E-state index in [9.17, 15) is 32.1 Å². The molecule has 15 nitrogen and oxygen atoms in total. The van der Waals surface area contributed by atoms with E-state index in [-0.39, 0.29) is 44.7 Å². The van der Waals surface area contributed by atoms with Crippen molar-refractivity contribution in [1.82, 2.24) is 14.6 Å². The quantitative estimate of drug-likeness (QED) is 0.0874. The van der Waals surface area contributed by atoms with Crippen molar-refractivity contribution in [3.8, 4) is 0 Å². The summed E-state index contributed by atoms with van der Waals surface area (Å²) in [5.41, 5.74) is 4.85. The number of ether oxygens (including phenoxy) is 2. The molecule has 2 unspecified atom stereocenters. The molecule has 1 aliphatic heterocycles. The number of anilines is 1. The van der Waals surface area contributed by atoms with Crippen molar-refractivity contribution in [2.45, 2.75) is 12.1 Å². The van der Waals surface area contributed by atoms with Gasteiger partial charge in [-0.25, -0.2) is 27.3 Å². The molecule has 0 bridgehead atoms. The van der Waals surface area contributed by atoms with Gasteiger partial charge in [0.25, 0.3) is 11.8 Å². The number of hydrogen-bond acceptors (Lipinski definition) is 14. The van der Waals surface area contributed by atoms with Crippen LogP contribution in [0.4, 0.5) is 5.13 Å². The number of carbonyl (C=O) groups excluding carboxylic acids is 4. The van der Waals surface area contributed by atoms with Crippen LogP contribution in [-0.4, -0.2) is 84.6 Å². The maximum absolute atomic E-state index is 12.6. The van der Waals surface area contributed by atoms with Crippen molar-refractivity contribution in [3.05, 3.63) is 11.1 Å². The van der Waals surface area contributed by atoms with E-state index in [4.69, 9.17) is 10.6 Å². The summed E-state index contributed by atoms with van der Waals surface area (Å²) in [4.78, 5) is 56.1. The third-order valence-electron chi connectivity index (χ3n) is 3.57. The summed E-state index contributed by atoms with van der Waals surface area (Å²) >= 11 is 0.935. The van der Waals surface area contributed by atoms with E-state index in [0.29, 0.717) is 0 Å². The molecule has 3 N–H and O–H groups in total. The Kier molecular flexibility index (Phi) is 9.33. The van der Waals surface area contributed by atoms with Crippen molar-refractivity contribution < 1.29 is 76.0 Å². The molecule has 1 saturated heterocycles. The summed E-state index contributed by atoms with van der Waals surface area (Å²) < 4.78 is 42.1. The van der Waals surface area contributed by atoms with Gasteiger partial charge in [-0.05, 0) is 0 Å². The van der Waals surface area contributed by atoms with E-state index in [1.165, 1.54) is 5.38 Å². The number of nitrogens with one attached hydrogen (secondary N) is 1. The van der Waals surface area contributed by atoms with Crippen LogP contribution >= 0.6 is 11.3 Å². The van der Waals surface area contributed by atoms with Gasteiger partial charge in [0, 0.05) is 5.38 Å². The second-order valence-corrected chi connectivity index (χ2v) is 7.51. The minimum atomic E-state index is -5.34. The van der Waals surface area contributed by atoms with Gasteiger partial charge in [-0.15, -0.1) is 11.3 Å². The number of oxime groups is 1. The number of hydrogen-bond donors (Lipinski definition) is 2. The number of nitrogens with zero attached hydrogens (tertiary/aromatic N) is 3. The molecular weight excluding hydrogens is 473 g/mol. The van der Waals surface area contributed by atoms with Crippen molar-refractivity contribution in [2.24, 2.45) is 5.16 Å². The summed E-state index contributed by atoms with van der Waals surface area (Å²) in [6.07, 6.45) is 0. The largest absolute Gasteiger partial charge is 1.00 e. The standard InChI is InChI=1S/C13H15N5O10S2.Na/c1-26-6(19)3-28-17-7(5-4-29-13(14)15-5)10(20)16-8-9(12(22)27-2)18(11(8)21)30(23,24)25;/h4,8-9H,3H2,1-2H3,(H2,14,15)(H,16,20)(H,23,24,25);/q;+1/p-1. The molecular formula is C13H14N5NaO10S2. The average Bonchev–Trinajstić information content (AvgIpc) is 3.10. The predicted octanol–water partition coefficient (Wildman–Crippen LogP) is -6.05. The Morgan fingerprint density at radius 2 is 2.00 bits per heavy atom. The van der Waals surface area contributed by atoms with Gasteiger partial charge in [0.05, 0.1) is 14.2 Å². The normalized spacial score (nSPS) is 18.4. The maximum Gasteiger partial charge on any atom is 1.00 e. The minimum Gasteiger partial charge on any atom is -0.731 e. The summed E-state index contributed by atoms with van der Waals surface area (Å²) in [5.74, 6) is -4.56. The van der Waals surface area contributed by atoms with E-state index in [1.807, 2.05) is 0 Å². The summed E-state index contributed by atoms with van der Waals surface area (Å²) in [7, 11) is -3.35. The average molecular weight is 487 g/mol. The molecule has 18 heteroatoms. The van der Waals surface area contributed by atoms with Gasteiger partial charge in [0.1, 0.15) is 11.7 Å². The first-order valence-electron chi connectivity index (χ1n) is 7.67. The van der Waals surface area contributed by atoms with Gasteiger partial charge in [-0.1, -0.05) is 5.16 Å². The third-order valence-corrected chi connectivity index (χ3v) is 5.13. The number of esters is 2. The van der Waals surface area contributed by atoms with Crippen molar-refractivity contribution in [2.75, 3.05) is 26.6 Å². The molecule has 1 fully saturated rings. The molecule has 31 heavy (non-hydrogen) atoms. The van der Waals surface area contributed by atoms with Crippen LogP contribution in [0, 0.1) is 0 Å². The van der Waals surface area contributed by atoms with Crippen molar-refractivity contribution in [3.63, 3.8) is 0 Å². The number of amides is 2. The zero-order chi connectivity index (χ0) is 22.6. The fourth-order valence-electron chi connectivity index (χ4n) is 2.22. The molecule has 0 radical (unpaired) electrons. The zero-order valence-electron chi connectivity index (χ0n) is 16.3. The first-order valence-corrected chi connectivity index (χ1v) is 9.91. The van der Waals surface area contributed by atoms with Crippen LogP contribution in [0.3, 0.4) is 0 Å². The summed E-state index contributed by atoms with van der Waals surface area (Å²) in [6, 6.07) is -3.65. The topological polar surface area (TPSA) is 220 Å². The van der Waals surface area contributed by atoms with Crippen LogP contribution in [0.1, 0.15) is 5.69 Å². The Hall–Kier alpha value is -2.31. The summed E-state index contributed by atoms with van der Waals surface area (Å²) in [5, 5.41) is 6.88. The van der Waals surface area contributed by atoms with Crippen LogP contribution in [0.2, 0.25) is 0 Å². The number of carbonyl (C=O) groups is 4. The first kappa shape index (κ1) is 26.7. The Bertz CT molecular complexity index is 1010. The number of thiazole rings is 1. The van der Waals surface area contributed by atoms with Gasteiger partial charge in [0.2, 0.25) is 6.61 Å². The van der Waals surface area contributed by atoms with Crippen LogP contribution in [-0.2, 0) is 43.8 Å². The number of nitrogens with two attached hydrogens (primary N) is 1. The Morgan fingerprint density at radius 3 is 2.48 bits per heavy atom. The molecule has 0 aromatic carbocycles. The minimum absolute atomic E-state index is 0. The van der Waals surface area contributed by atoms with Gasteiger partial charge >= 0.3 is 41.5 Å². The third kappa shape index (κ3) is 6.11. The number of methoxy groups -OCH3 is 2. The fourth-order valence-corrected chi connectivity index (χ4v) is 3.59. The Balaban J connectivity index is 0.00000480. The molecule has 164 valence electrons. The molecule has 2 heterocycles. The fraction of sp³-hybridized carbons (Fsp3) is 0.385. The van der Waals surface area contributed by atoms with Gasteiger partial charge in [-0.2, -0.15) is 0 Å². The molecule has 1 aromatic heterocycles. The number of β-lactam (4-membered cyclic amide) rings is 1. The molecule has 2 amide bonds. The number of aromatic nitrogens is 1. The zero-order valence-corrected chi connectivity index (χ0v) is 19.9. The second-order valence-electron chi connectivity index (χ2n) is 5.37. The number of nitrogen functional groups attached to an aromatic ring is 1. The predicted molar refractivity (Wildman–Crippen MR) is 95.3 cm³/mol. The van der Waals surface area contributed by atoms with Crippen molar-refractivity contribution in [1.29, 1.82) is 0 Å². The number of rotatable bonds is 8. The van der Waals surface area contributed by atoms with Crippen LogP contribution in [0.25, 0.3) is 0 Å². The van der Waals surface area contributed by atoms with Gasteiger partial charge < -0.3 is 29.9 Å². The Labute approximate surface area is 201 Å². The molecule has 0 saturated carbocycles. The van der Waals surface area contributed by atoms with E-state index in [0.717, 1.165) is 25.6 Å². The van der Waals surface area contributed by atoms with E-state index < -0.39 is 58.5 Å². The van der Waals surface area contributed by atoms with Gasteiger partial charge in [0.15, 0.2) is 27.2 Å². The first-order chi connectivity index (χ1) is 14.0. The van der Waals surface area contributed by atoms with Gasteiger partial charge in [-0.3, -0.25) is 9.59 Å². The maximum atomic E-state index is 12.6. The monoisotopic (exact) mass is 487 g/mol. The van der Waals surface area contributed by atoms with E-state index in [1.54, 1.807) is 0 Å². The van der Waals surface area contributed by atoms with E-state index >= 15 is 0 Å². The molecule has 1 aliphatic rings. The molecule has 0 aliphatic carbocycles. The van der Waals surface area contributed by atoms with Crippen LogP contribution < -0.4 is 40.6 Å². The Morgan fingerprint density at radius 1 is 1.35 bits per heavy atom. The molecule has 2 rings (SSSR count).